The van der Waals surface area contributed by atoms with Crippen LogP contribution < -0.4 is 0 Å². The van der Waals surface area contributed by atoms with Crippen LogP contribution in [0, 0.1) is 11.8 Å². The number of carbonyl (C=O) groups is 2. The Kier molecular flexibility index (Phi) is 8.77. The number of unbranched alkanes of at least 4 members (excludes halogenated alkanes) is 1. The van der Waals surface area contributed by atoms with Crippen LogP contribution in [0.25, 0.3) is 0 Å². The summed E-state index contributed by atoms with van der Waals surface area (Å²) in [4.78, 5) is 26.9. The molecule has 0 aliphatic heterocycles. The zero-order valence-electron chi connectivity index (χ0n) is 16.3. The summed E-state index contributed by atoms with van der Waals surface area (Å²) >= 11 is 0. The summed E-state index contributed by atoms with van der Waals surface area (Å²) in [5.41, 5.74) is 0. The lowest BCUT2D eigenvalue weighted by Crippen LogP contribution is -2.44. The summed E-state index contributed by atoms with van der Waals surface area (Å²) in [5, 5.41) is 0. The fourth-order valence-electron chi connectivity index (χ4n) is 4.56. The molecule has 0 saturated heterocycles. The number of hydrogen-bond acceptors (Lipinski definition) is 3. The molecule has 0 aromatic rings. The zero-order chi connectivity index (χ0) is 18.1. The summed E-state index contributed by atoms with van der Waals surface area (Å²) in [5.74, 6) is 1.14. The van der Waals surface area contributed by atoms with Crippen molar-refractivity contribution >= 4 is 11.9 Å². The van der Waals surface area contributed by atoms with E-state index in [1.807, 2.05) is 11.8 Å². The lowest BCUT2D eigenvalue weighted by atomic mass is 9.79. The van der Waals surface area contributed by atoms with Crippen LogP contribution in [0.5, 0.6) is 0 Å². The second-order valence-corrected chi connectivity index (χ2v) is 7.88. The van der Waals surface area contributed by atoms with E-state index < -0.39 is 0 Å². The third-order valence-electron chi connectivity index (χ3n) is 6.07. The van der Waals surface area contributed by atoms with E-state index in [-0.39, 0.29) is 11.9 Å². The molecule has 0 aromatic heterocycles. The van der Waals surface area contributed by atoms with Crippen molar-refractivity contribution in [2.45, 2.75) is 96.9 Å². The van der Waals surface area contributed by atoms with E-state index in [4.69, 9.17) is 4.74 Å². The second kappa shape index (κ2) is 10.8. The van der Waals surface area contributed by atoms with Gasteiger partial charge in [0.05, 0.1) is 13.0 Å². The smallest absolute Gasteiger partial charge is 0.307 e. The molecule has 2 aliphatic carbocycles. The molecule has 0 spiro atoms. The third-order valence-corrected chi connectivity index (χ3v) is 6.07. The lowest BCUT2D eigenvalue weighted by Gasteiger charge is -2.35. The van der Waals surface area contributed by atoms with Crippen LogP contribution in [0.4, 0.5) is 0 Å². The summed E-state index contributed by atoms with van der Waals surface area (Å²) in [6.45, 7) is 5.03. The molecule has 25 heavy (non-hydrogen) atoms. The van der Waals surface area contributed by atoms with Crippen molar-refractivity contribution in [2.24, 2.45) is 11.8 Å². The molecule has 0 unspecified atom stereocenters. The van der Waals surface area contributed by atoms with Gasteiger partial charge in [0.2, 0.25) is 5.91 Å². The molecule has 0 atom stereocenters. The normalized spacial score (nSPS) is 24.2. The van der Waals surface area contributed by atoms with Crippen molar-refractivity contribution in [3.05, 3.63) is 0 Å². The van der Waals surface area contributed by atoms with Crippen molar-refractivity contribution in [1.82, 2.24) is 4.90 Å². The standard InChI is InChI=1S/C21H37NO3/c1-3-5-8-17-11-13-18(14-12-17)21(24)22(19-9-6-7-10-19)16-15-20(23)25-4-2/h17-19H,3-16H2,1-2H3. The Labute approximate surface area is 153 Å². The molecule has 2 aliphatic rings. The zero-order valence-corrected chi connectivity index (χ0v) is 16.3. The van der Waals surface area contributed by atoms with Crippen LogP contribution in [0.15, 0.2) is 0 Å². The minimum absolute atomic E-state index is 0.179. The summed E-state index contributed by atoms with van der Waals surface area (Å²) in [6.07, 6.45) is 13.3. The number of carbonyl (C=O) groups excluding carboxylic acids is 2. The lowest BCUT2D eigenvalue weighted by molar-refractivity contribution is -0.145. The van der Waals surface area contributed by atoms with Crippen LogP contribution >= 0.6 is 0 Å². The van der Waals surface area contributed by atoms with Gasteiger partial charge in [-0.3, -0.25) is 9.59 Å². The van der Waals surface area contributed by atoms with Gasteiger partial charge in [-0.25, -0.2) is 0 Å². The van der Waals surface area contributed by atoms with Gasteiger partial charge in [0.25, 0.3) is 0 Å². The van der Waals surface area contributed by atoms with Crippen molar-refractivity contribution < 1.29 is 14.3 Å². The molecule has 2 saturated carbocycles. The van der Waals surface area contributed by atoms with E-state index in [9.17, 15) is 9.59 Å². The van der Waals surface area contributed by atoms with Gasteiger partial charge in [-0.1, -0.05) is 39.0 Å². The topological polar surface area (TPSA) is 46.6 Å². The quantitative estimate of drug-likeness (QED) is 0.565. The number of amides is 1. The van der Waals surface area contributed by atoms with Gasteiger partial charge < -0.3 is 9.64 Å². The molecule has 0 radical (unpaired) electrons. The summed E-state index contributed by atoms with van der Waals surface area (Å²) in [7, 11) is 0. The van der Waals surface area contributed by atoms with Crippen molar-refractivity contribution in [2.75, 3.05) is 13.2 Å². The third kappa shape index (κ3) is 6.31. The largest absolute Gasteiger partial charge is 0.466 e. The number of hydrogen-bond donors (Lipinski definition) is 0. The van der Waals surface area contributed by atoms with Gasteiger partial charge in [-0.2, -0.15) is 0 Å². The van der Waals surface area contributed by atoms with Crippen LogP contribution in [0.2, 0.25) is 0 Å². The molecule has 0 N–H and O–H groups in total. The average Bonchev–Trinajstić information content (AvgIpc) is 3.15. The predicted molar refractivity (Wildman–Crippen MR) is 100 cm³/mol. The number of nitrogens with zero attached hydrogens (tertiary/aromatic N) is 1. The van der Waals surface area contributed by atoms with E-state index in [2.05, 4.69) is 6.92 Å². The molecule has 0 heterocycles. The highest BCUT2D eigenvalue weighted by Gasteiger charge is 2.33. The maximum absolute atomic E-state index is 13.2. The van der Waals surface area contributed by atoms with Gasteiger partial charge in [0, 0.05) is 18.5 Å². The van der Waals surface area contributed by atoms with Crippen LogP contribution in [0.1, 0.15) is 90.9 Å². The number of esters is 1. The first kappa shape index (κ1) is 20.3. The first-order valence-corrected chi connectivity index (χ1v) is 10.6. The fraction of sp³-hybridized carbons (Fsp3) is 0.905. The van der Waals surface area contributed by atoms with Crippen LogP contribution in [0.3, 0.4) is 0 Å². The van der Waals surface area contributed by atoms with E-state index >= 15 is 0 Å². The second-order valence-electron chi connectivity index (χ2n) is 7.88. The van der Waals surface area contributed by atoms with Crippen molar-refractivity contribution in [1.29, 1.82) is 0 Å². The van der Waals surface area contributed by atoms with Gasteiger partial charge >= 0.3 is 5.97 Å². The fourth-order valence-corrected chi connectivity index (χ4v) is 4.56. The molecular formula is C21H37NO3. The SMILES string of the molecule is CCCCC1CCC(C(=O)N(CCC(=O)OCC)C2CCCC2)CC1. The highest BCUT2D eigenvalue weighted by Crippen LogP contribution is 2.34. The Morgan fingerprint density at radius 3 is 2.28 bits per heavy atom. The first-order valence-electron chi connectivity index (χ1n) is 10.6. The van der Waals surface area contributed by atoms with Gasteiger partial charge in [-0.05, 0) is 51.4 Å². The van der Waals surface area contributed by atoms with E-state index in [1.165, 1.54) is 44.9 Å². The van der Waals surface area contributed by atoms with Gasteiger partial charge in [0.15, 0.2) is 0 Å². The Morgan fingerprint density at radius 1 is 1.00 bits per heavy atom. The molecule has 4 nitrogen and oxygen atoms in total. The molecule has 4 heteroatoms. The Morgan fingerprint density at radius 2 is 1.68 bits per heavy atom. The maximum atomic E-state index is 13.2. The molecular weight excluding hydrogens is 314 g/mol. The van der Waals surface area contributed by atoms with E-state index in [0.717, 1.165) is 31.6 Å². The van der Waals surface area contributed by atoms with Gasteiger partial charge in [0.1, 0.15) is 0 Å². The maximum Gasteiger partial charge on any atom is 0.307 e. The minimum atomic E-state index is -0.179. The highest BCUT2D eigenvalue weighted by atomic mass is 16.5. The van der Waals surface area contributed by atoms with E-state index in [1.54, 1.807) is 0 Å². The number of rotatable bonds is 9. The van der Waals surface area contributed by atoms with Crippen molar-refractivity contribution in [3.63, 3.8) is 0 Å². The minimum Gasteiger partial charge on any atom is -0.466 e. The highest BCUT2D eigenvalue weighted by molar-refractivity contribution is 5.80. The predicted octanol–water partition coefficient (Wildman–Crippen LogP) is 4.71. The summed E-state index contributed by atoms with van der Waals surface area (Å²) < 4.78 is 5.05. The Hall–Kier alpha value is -1.06. The summed E-state index contributed by atoms with van der Waals surface area (Å²) in [6, 6.07) is 0.347. The monoisotopic (exact) mass is 351 g/mol. The van der Waals surface area contributed by atoms with Gasteiger partial charge in [-0.15, -0.1) is 0 Å². The molecule has 2 fully saturated rings. The molecule has 1 amide bonds. The molecule has 144 valence electrons. The number of ether oxygens (including phenoxy) is 1. The van der Waals surface area contributed by atoms with E-state index in [0.29, 0.717) is 31.5 Å². The van der Waals surface area contributed by atoms with Crippen LogP contribution in [-0.4, -0.2) is 36.0 Å². The first-order chi connectivity index (χ1) is 12.2. The van der Waals surface area contributed by atoms with Crippen molar-refractivity contribution in [3.8, 4) is 0 Å². The Balaban J connectivity index is 1.87. The molecule has 0 bridgehead atoms. The Bertz CT molecular complexity index is 409. The average molecular weight is 352 g/mol. The molecule has 2 rings (SSSR count). The molecule has 0 aromatic carbocycles. The van der Waals surface area contributed by atoms with Crippen LogP contribution in [-0.2, 0) is 14.3 Å².